The summed E-state index contributed by atoms with van der Waals surface area (Å²) in [4.78, 5) is 27.4. The molecular formula is C15H29N3O3. The van der Waals surface area contributed by atoms with Crippen molar-refractivity contribution in [1.82, 2.24) is 15.1 Å². The number of hydrogen-bond acceptors (Lipinski definition) is 4. The zero-order chi connectivity index (χ0) is 16.0. The fourth-order valence-corrected chi connectivity index (χ4v) is 2.31. The molecule has 21 heavy (non-hydrogen) atoms. The number of likely N-dealkylation sites (tertiary alicyclic amines) is 1. The van der Waals surface area contributed by atoms with Crippen LogP contribution in [0, 0.1) is 0 Å². The van der Waals surface area contributed by atoms with Crippen molar-refractivity contribution in [2.45, 2.75) is 51.7 Å². The van der Waals surface area contributed by atoms with Crippen LogP contribution in [0.1, 0.15) is 40.0 Å². The molecule has 0 bridgehead atoms. The monoisotopic (exact) mass is 299 g/mol. The van der Waals surface area contributed by atoms with Crippen LogP contribution >= 0.6 is 0 Å². The summed E-state index contributed by atoms with van der Waals surface area (Å²) < 4.78 is 5.39. The van der Waals surface area contributed by atoms with E-state index in [4.69, 9.17) is 4.74 Å². The van der Waals surface area contributed by atoms with Gasteiger partial charge in [-0.05, 0) is 54.1 Å². The van der Waals surface area contributed by atoms with Gasteiger partial charge in [-0.3, -0.25) is 4.79 Å². The van der Waals surface area contributed by atoms with Gasteiger partial charge in [0.25, 0.3) is 0 Å². The summed E-state index contributed by atoms with van der Waals surface area (Å²) in [5, 5.41) is 3.04. The molecule has 0 aromatic carbocycles. The molecule has 1 atom stereocenters. The lowest BCUT2D eigenvalue weighted by molar-refractivity contribution is -0.122. The van der Waals surface area contributed by atoms with E-state index >= 15 is 0 Å². The van der Waals surface area contributed by atoms with Crippen LogP contribution in [-0.2, 0) is 9.53 Å². The number of ether oxygens (including phenoxy) is 1. The van der Waals surface area contributed by atoms with Crippen LogP contribution in [0.15, 0.2) is 0 Å². The van der Waals surface area contributed by atoms with Gasteiger partial charge in [0.2, 0.25) is 5.91 Å². The molecule has 0 aromatic rings. The minimum atomic E-state index is -0.470. The third-order valence-electron chi connectivity index (χ3n) is 3.20. The predicted molar refractivity (Wildman–Crippen MR) is 82.1 cm³/mol. The maximum atomic E-state index is 12.1. The van der Waals surface area contributed by atoms with E-state index < -0.39 is 5.60 Å². The summed E-state index contributed by atoms with van der Waals surface area (Å²) in [7, 11) is 3.74. The van der Waals surface area contributed by atoms with E-state index in [2.05, 4.69) is 5.32 Å². The third-order valence-corrected chi connectivity index (χ3v) is 3.20. The molecule has 2 amide bonds. The van der Waals surface area contributed by atoms with Gasteiger partial charge in [-0.15, -0.1) is 0 Å². The zero-order valence-electron chi connectivity index (χ0n) is 13.9. The average molecular weight is 299 g/mol. The van der Waals surface area contributed by atoms with Crippen molar-refractivity contribution < 1.29 is 14.3 Å². The highest BCUT2D eigenvalue weighted by molar-refractivity contribution is 5.78. The fourth-order valence-electron chi connectivity index (χ4n) is 2.31. The van der Waals surface area contributed by atoms with E-state index in [-0.39, 0.29) is 18.0 Å². The second-order valence-corrected chi connectivity index (χ2v) is 6.90. The fraction of sp³-hybridized carbons (Fsp3) is 0.867. The summed E-state index contributed by atoms with van der Waals surface area (Å²) in [6, 6.07) is 0.143. The van der Waals surface area contributed by atoms with Crippen molar-refractivity contribution in [2.24, 2.45) is 0 Å². The summed E-state index contributed by atoms with van der Waals surface area (Å²) in [5.41, 5.74) is -0.470. The molecule has 6 nitrogen and oxygen atoms in total. The Balaban J connectivity index is 2.43. The molecule has 1 saturated heterocycles. The standard InChI is InChI=1S/C15H29N3O3/c1-15(2,3)21-14(20)18-9-6-7-12(8-10-18)16-13(19)11-17(4)5/h12H,6-11H2,1-5H3,(H,16,19)/t12-/m0/s1. The highest BCUT2D eigenvalue weighted by Gasteiger charge is 2.25. The Bertz CT molecular complexity index is 364. The van der Waals surface area contributed by atoms with Gasteiger partial charge < -0.3 is 19.9 Å². The number of carbonyl (C=O) groups excluding carboxylic acids is 2. The first-order valence-corrected chi connectivity index (χ1v) is 7.59. The van der Waals surface area contributed by atoms with E-state index in [1.807, 2.05) is 39.8 Å². The van der Waals surface area contributed by atoms with Crippen LogP contribution in [0.2, 0.25) is 0 Å². The second kappa shape index (κ2) is 7.64. The number of carbonyl (C=O) groups is 2. The Morgan fingerprint density at radius 2 is 1.90 bits per heavy atom. The molecular weight excluding hydrogens is 270 g/mol. The van der Waals surface area contributed by atoms with E-state index in [0.29, 0.717) is 19.6 Å². The number of hydrogen-bond donors (Lipinski definition) is 1. The largest absolute Gasteiger partial charge is 0.444 e. The summed E-state index contributed by atoms with van der Waals surface area (Å²) in [5.74, 6) is 0.0377. The van der Waals surface area contributed by atoms with Crippen LogP contribution in [0.3, 0.4) is 0 Å². The van der Waals surface area contributed by atoms with E-state index in [1.54, 1.807) is 4.90 Å². The van der Waals surface area contributed by atoms with Gasteiger partial charge in [-0.25, -0.2) is 4.79 Å². The zero-order valence-corrected chi connectivity index (χ0v) is 13.9. The first kappa shape index (κ1) is 17.8. The lowest BCUT2D eigenvalue weighted by Gasteiger charge is -2.26. The SMILES string of the molecule is CN(C)CC(=O)N[C@H]1CCCN(C(=O)OC(C)(C)C)CC1. The van der Waals surface area contributed by atoms with Crippen LogP contribution in [-0.4, -0.2) is 67.2 Å². The third kappa shape index (κ3) is 7.32. The van der Waals surface area contributed by atoms with Crippen LogP contribution in [0.25, 0.3) is 0 Å². The number of amides is 2. The quantitative estimate of drug-likeness (QED) is 0.857. The molecule has 1 aliphatic rings. The van der Waals surface area contributed by atoms with Gasteiger partial charge in [0.15, 0.2) is 0 Å². The summed E-state index contributed by atoms with van der Waals surface area (Å²) in [6.45, 7) is 7.32. The van der Waals surface area contributed by atoms with Crippen molar-refractivity contribution in [3.63, 3.8) is 0 Å². The second-order valence-electron chi connectivity index (χ2n) is 6.90. The summed E-state index contributed by atoms with van der Waals surface area (Å²) in [6.07, 6.45) is 2.30. The molecule has 122 valence electrons. The van der Waals surface area contributed by atoms with Crippen LogP contribution < -0.4 is 5.32 Å². The first-order valence-electron chi connectivity index (χ1n) is 7.59. The van der Waals surface area contributed by atoms with Crippen LogP contribution in [0.5, 0.6) is 0 Å². The number of nitrogens with zero attached hydrogens (tertiary/aromatic N) is 2. The highest BCUT2D eigenvalue weighted by Crippen LogP contribution is 2.15. The van der Waals surface area contributed by atoms with E-state index in [9.17, 15) is 9.59 Å². The molecule has 1 fully saturated rings. The Kier molecular flexibility index (Phi) is 6.45. The van der Waals surface area contributed by atoms with Gasteiger partial charge in [-0.1, -0.05) is 0 Å². The smallest absolute Gasteiger partial charge is 0.410 e. The van der Waals surface area contributed by atoms with Gasteiger partial charge in [0.1, 0.15) is 5.60 Å². The maximum Gasteiger partial charge on any atom is 0.410 e. The molecule has 0 aliphatic carbocycles. The molecule has 0 spiro atoms. The number of nitrogens with one attached hydrogen (secondary N) is 1. The molecule has 0 aromatic heterocycles. The van der Waals surface area contributed by atoms with Gasteiger partial charge in [0.05, 0.1) is 6.54 Å². The molecule has 1 aliphatic heterocycles. The van der Waals surface area contributed by atoms with Gasteiger partial charge in [-0.2, -0.15) is 0 Å². The predicted octanol–water partition coefficient (Wildman–Crippen LogP) is 1.45. The van der Waals surface area contributed by atoms with Crippen molar-refractivity contribution in [2.75, 3.05) is 33.7 Å². The molecule has 0 saturated carbocycles. The molecule has 1 rings (SSSR count). The van der Waals surface area contributed by atoms with Crippen molar-refractivity contribution in [3.8, 4) is 0 Å². The lowest BCUT2D eigenvalue weighted by atomic mass is 10.1. The topological polar surface area (TPSA) is 61.9 Å². The molecule has 1 N–H and O–H groups in total. The highest BCUT2D eigenvalue weighted by atomic mass is 16.6. The van der Waals surface area contributed by atoms with Gasteiger partial charge in [0, 0.05) is 19.1 Å². The molecule has 6 heteroatoms. The van der Waals surface area contributed by atoms with E-state index in [0.717, 1.165) is 19.3 Å². The summed E-state index contributed by atoms with van der Waals surface area (Å²) >= 11 is 0. The molecule has 0 radical (unpaired) electrons. The normalized spacial score (nSPS) is 20.1. The first-order chi connectivity index (χ1) is 9.67. The van der Waals surface area contributed by atoms with Crippen molar-refractivity contribution >= 4 is 12.0 Å². The van der Waals surface area contributed by atoms with E-state index in [1.165, 1.54) is 0 Å². The number of likely N-dealkylation sites (N-methyl/N-ethyl adjacent to an activating group) is 1. The number of rotatable bonds is 3. The Morgan fingerprint density at radius 1 is 1.24 bits per heavy atom. The Morgan fingerprint density at radius 3 is 2.48 bits per heavy atom. The van der Waals surface area contributed by atoms with Gasteiger partial charge >= 0.3 is 6.09 Å². The van der Waals surface area contributed by atoms with Crippen molar-refractivity contribution in [1.29, 1.82) is 0 Å². The Hall–Kier alpha value is -1.30. The maximum absolute atomic E-state index is 12.1. The Labute approximate surface area is 127 Å². The minimum absolute atomic E-state index is 0.0377. The molecule has 1 heterocycles. The molecule has 0 unspecified atom stereocenters. The average Bonchev–Trinajstić information content (AvgIpc) is 2.51. The lowest BCUT2D eigenvalue weighted by Crippen LogP contribution is -2.41. The van der Waals surface area contributed by atoms with Crippen LogP contribution in [0.4, 0.5) is 4.79 Å². The van der Waals surface area contributed by atoms with Crippen molar-refractivity contribution in [3.05, 3.63) is 0 Å². The minimum Gasteiger partial charge on any atom is -0.444 e.